The van der Waals surface area contributed by atoms with Gasteiger partial charge in [-0.05, 0) is 55.6 Å². The van der Waals surface area contributed by atoms with Gasteiger partial charge in [-0.2, -0.15) is 5.26 Å². The van der Waals surface area contributed by atoms with E-state index in [0.717, 1.165) is 0 Å². The van der Waals surface area contributed by atoms with Crippen LogP contribution in [0.2, 0.25) is 0 Å². The van der Waals surface area contributed by atoms with Crippen LogP contribution in [0.15, 0.2) is 26.7 Å². The van der Waals surface area contributed by atoms with Crippen molar-refractivity contribution < 1.29 is 9.90 Å². The van der Waals surface area contributed by atoms with Gasteiger partial charge in [0, 0.05) is 0 Å². The quantitative estimate of drug-likeness (QED) is 0.636. The number of aromatic hydroxyl groups is 1. The molecule has 1 aromatic rings. The average Bonchev–Trinajstić information content (AvgIpc) is 2.21. The summed E-state index contributed by atoms with van der Waals surface area (Å²) in [7, 11) is 0. The number of halogens is 2. The lowest BCUT2D eigenvalue weighted by atomic mass is 10.1. The van der Waals surface area contributed by atoms with E-state index in [9.17, 15) is 9.90 Å². The molecule has 0 saturated carbocycles. The largest absolute Gasteiger partial charge is 0.506 e. The summed E-state index contributed by atoms with van der Waals surface area (Å²) in [6.07, 6.45) is 1.34. The molecule has 0 aromatic heterocycles. The zero-order valence-corrected chi connectivity index (χ0v) is 11.0. The summed E-state index contributed by atoms with van der Waals surface area (Å²) in [6.45, 7) is 0. The molecular weight excluding hydrogens is 340 g/mol. The molecule has 0 aliphatic rings. The summed E-state index contributed by atoms with van der Waals surface area (Å²) >= 11 is 6.27. The second kappa shape index (κ2) is 5.14. The van der Waals surface area contributed by atoms with E-state index < -0.39 is 5.91 Å². The lowest BCUT2D eigenvalue weighted by Gasteiger charge is -2.02. The number of carbonyl (C=O) groups excluding carboxylic acids is 1. The molecule has 1 aromatic carbocycles. The van der Waals surface area contributed by atoms with E-state index in [4.69, 9.17) is 11.0 Å². The third-order valence-corrected chi connectivity index (χ3v) is 2.95. The normalized spacial score (nSPS) is 10.9. The van der Waals surface area contributed by atoms with E-state index in [1.807, 2.05) is 0 Å². The first kappa shape index (κ1) is 12.7. The van der Waals surface area contributed by atoms with Crippen LogP contribution >= 0.6 is 31.9 Å². The van der Waals surface area contributed by atoms with Crippen molar-refractivity contribution in [2.45, 2.75) is 0 Å². The predicted octanol–water partition coefficient (Wildman–Crippen LogP) is 2.31. The lowest BCUT2D eigenvalue weighted by Crippen LogP contribution is -2.12. The van der Waals surface area contributed by atoms with Crippen molar-refractivity contribution in [2.24, 2.45) is 5.73 Å². The van der Waals surface area contributed by atoms with E-state index >= 15 is 0 Å². The van der Waals surface area contributed by atoms with Gasteiger partial charge in [-0.3, -0.25) is 4.79 Å². The Labute approximate surface area is 109 Å². The first-order chi connectivity index (χ1) is 7.45. The smallest absolute Gasteiger partial charge is 0.259 e. The minimum atomic E-state index is -0.789. The Balaban J connectivity index is 3.27. The molecule has 0 radical (unpaired) electrons. The van der Waals surface area contributed by atoms with Gasteiger partial charge < -0.3 is 10.8 Å². The second-order valence-corrected chi connectivity index (χ2v) is 4.58. The third-order valence-electron chi connectivity index (χ3n) is 1.74. The number of hydrogen-bond donors (Lipinski definition) is 2. The monoisotopic (exact) mass is 344 g/mol. The topological polar surface area (TPSA) is 87.1 Å². The summed E-state index contributed by atoms with van der Waals surface area (Å²) < 4.78 is 0.907. The number of hydrogen-bond acceptors (Lipinski definition) is 3. The van der Waals surface area contributed by atoms with E-state index in [-0.39, 0.29) is 11.3 Å². The van der Waals surface area contributed by atoms with E-state index in [1.54, 1.807) is 18.2 Å². The number of nitrogens with zero attached hydrogens (tertiary/aromatic N) is 1. The maximum absolute atomic E-state index is 10.8. The zero-order chi connectivity index (χ0) is 12.3. The highest BCUT2D eigenvalue weighted by Gasteiger charge is 2.07. The van der Waals surface area contributed by atoms with Crippen LogP contribution in [-0.2, 0) is 4.79 Å². The Morgan fingerprint density at radius 2 is 1.94 bits per heavy atom. The van der Waals surface area contributed by atoms with Gasteiger partial charge in [0.15, 0.2) is 0 Å². The highest BCUT2D eigenvalue weighted by molar-refractivity contribution is 9.11. The van der Waals surface area contributed by atoms with Crippen LogP contribution in [0.1, 0.15) is 5.56 Å². The van der Waals surface area contributed by atoms with Gasteiger partial charge in [0.2, 0.25) is 0 Å². The van der Waals surface area contributed by atoms with E-state index in [2.05, 4.69) is 31.9 Å². The van der Waals surface area contributed by atoms with Crippen molar-refractivity contribution in [1.82, 2.24) is 0 Å². The van der Waals surface area contributed by atoms with E-state index in [1.165, 1.54) is 6.08 Å². The highest BCUT2D eigenvalue weighted by Crippen LogP contribution is 2.33. The maximum atomic E-state index is 10.8. The number of rotatable bonds is 2. The van der Waals surface area contributed by atoms with Crippen molar-refractivity contribution in [3.63, 3.8) is 0 Å². The molecule has 0 aliphatic carbocycles. The van der Waals surface area contributed by atoms with Gasteiger partial charge in [-0.25, -0.2) is 0 Å². The van der Waals surface area contributed by atoms with Crippen molar-refractivity contribution in [1.29, 1.82) is 5.26 Å². The number of benzene rings is 1. The summed E-state index contributed by atoms with van der Waals surface area (Å²) in [5, 5.41) is 18.1. The van der Waals surface area contributed by atoms with Gasteiger partial charge in [-0.15, -0.1) is 0 Å². The number of nitriles is 1. The molecule has 0 aliphatic heterocycles. The van der Waals surface area contributed by atoms with Crippen LogP contribution in [0.3, 0.4) is 0 Å². The van der Waals surface area contributed by atoms with Crippen LogP contribution in [0, 0.1) is 11.3 Å². The number of carbonyl (C=O) groups is 1. The first-order valence-corrected chi connectivity index (χ1v) is 5.64. The molecule has 1 amide bonds. The zero-order valence-electron chi connectivity index (χ0n) is 7.87. The minimum absolute atomic E-state index is 0.0507. The number of phenolic OH excluding ortho intramolecular Hbond substituents is 1. The molecule has 3 N–H and O–H groups in total. The Morgan fingerprint density at radius 1 is 1.44 bits per heavy atom. The Bertz CT molecular complexity index is 495. The molecule has 0 spiro atoms. The minimum Gasteiger partial charge on any atom is -0.506 e. The van der Waals surface area contributed by atoms with Crippen LogP contribution in [0.4, 0.5) is 0 Å². The van der Waals surface area contributed by atoms with Gasteiger partial charge in [0.05, 0.1) is 8.95 Å². The highest BCUT2D eigenvalue weighted by atomic mass is 79.9. The van der Waals surface area contributed by atoms with Crippen LogP contribution < -0.4 is 5.73 Å². The molecule has 0 fully saturated rings. The van der Waals surface area contributed by atoms with Crippen molar-refractivity contribution in [3.8, 4) is 11.8 Å². The molecule has 1 rings (SSSR count). The van der Waals surface area contributed by atoms with Crippen molar-refractivity contribution in [3.05, 3.63) is 32.2 Å². The number of nitrogens with two attached hydrogens (primary N) is 1. The fourth-order valence-electron chi connectivity index (χ4n) is 0.994. The predicted molar refractivity (Wildman–Crippen MR) is 66.3 cm³/mol. The average molecular weight is 346 g/mol. The summed E-state index contributed by atoms with van der Waals surface area (Å²) in [5.74, 6) is -0.738. The lowest BCUT2D eigenvalue weighted by molar-refractivity contribution is -0.114. The molecule has 6 heteroatoms. The Morgan fingerprint density at radius 3 is 2.31 bits per heavy atom. The number of phenols is 1. The van der Waals surface area contributed by atoms with Gasteiger partial charge >= 0.3 is 0 Å². The Hall–Kier alpha value is -1.32. The molecular formula is C10H6Br2N2O2. The van der Waals surface area contributed by atoms with Crippen LogP contribution in [0.25, 0.3) is 6.08 Å². The van der Waals surface area contributed by atoms with Crippen LogP contribution in [0.5, 0.6) is 5.75 Å². The Kier molecular flexibility index (Phi) is 4.10. The molecule has 0 heterocycles. The summed E-state index contributed by atoms with van der Waals surface area (Å²) in [4.78, 5) is 10.8. The molecule has 16 heavy (non-hydrogen) atoms. The van der Waals surface area contributed by atoms with Gasteiger partial charge in [-0.1, -0.05) is 0 Å². The third kappa shape index (κ3) is 2.84. The molecule has 0 unspecified atom stereocenters. The summed E-state index contributed by atoms with van der Waals surface area (Å²) in [5.41, 5.74) is 5.43. The molecule has 0 bridgehead atoms. The molecule has 82 valence electrons. The van der Waals surface area contributed by atoms with Crippen LogP contribution in [-0.4, -0.2) is 11.0 Å². The van der Waals surface area contributed by atoms with Gasteiger partial charge in [0.1, 0.15) is 17.4 Å². The van der Waals surface area contributed by atoms with Crippen molar-refractivity contribution in [2.75, 3.05) is 0 Å². The van der Waals surface area contributed by atoms with Gasteiger partial charge in [0.25, 0.3) is 5.91 Å². The first-order valence-electron chi connectivity index (χ1n) is 4.05. The summed E-state index contributed by atoms with van der Waals surface area (Å²) in [6, 6.07) is 4.84. The van der Waals surface area contributed by atoms with E-state index in [0.29, 0.717) is 14.5 Å². The molecule has 0 saturated heterocycles. The molecule has 4 nitrogen and oxygen atoms in total. The van der Waals surface area contributed by atoms with Crippen molar-refractivity contribution >= 4 is 43.8 Å². The fraction of sp³-hybridized carbons (Fsp3) is 0. The maximum Gasteiger partial charge on any atom is 0.259 e. The molecule has 0 atom stereocenters. The number of amides is 1. The second-order valence-electron chi connectivity index (χ2n) is 2.87. The number of primary amides is 1. The standard InChI is InChI=1S/C10H6Br2N2O2/c11-7-2-5(3-8(12)9(7)15)1-6(4-13)10(14)16/h1-3,15H,(H2,14,16)/b6-1-. The SMILES string of the molecule is N#C/C(=C/c1cc(Br)c(O)c(Br)c1)C(N)=O. The fourth-order valence-corrected chi connectivity index (χ4v) is 2.22.